The van der Waals surface area contributed by atoms with E-state index in [9.17, 15) is 14.4 Å². The van der Waals surface area contributed by atoms with E-state index in [2.05, 4.69) is 106 Å². The number of allylic oxidation sites excluding steroid dienone is 14. The highest BCUT2D eigenvalue weighted by Crippen LogP contribution is 2.18. The Balaban J connectivity index is 4.31. The first-order valence-corrected chi connectivity index (χ1v) is 35.6. The van der Waals surface area contributed by atoms with Gasteiger partial charge in [-0.15, -0.1) is 0 Å². The van der Waals surface area contributed by atoms with E-state index < -0.39 is 6.10 Å². The Morgan fingerprint density at radius 3 is 0.756 bits per heavy atom. The van der Waals surface area contributed by atoms with E-state index in [0.717, 1.165) is 103 Å². The lowest BCUT2D eigenvalue weighted by atomic mass is 10.0. The Bertz CT molecular complexity index is 1550. The lowest BCUT2D eigenvalue weighted by Crippen LogP contribution is -2.30. The minimum atomic E-state index is -0.781. The first-order valence-electron chi connectivity index (χ1n) is 35.6. The Kier molecular flexibility index (Phi) is 67.2. The third-order valence-electron chi connectivity index (χ3n) is 15.6. The van der Waals surface area contributed by atoms with Gasteiger partial charge in [0.25, 0.3) is 0 Å². The van der Waals surface area contributed by atoms with Gasteiger partial charge in [0.15, 0.2) is 6.10 Å². The zero-order chi connectivity index (χ0) is 59.2. The number of esters is 3. The van der Waals surface area contributed by atoms with Gasteiger partial charge in [0.2, 0.25) is 0 Å². The second-order valence-corrected chi connectivity index (χ2v) is 23.8. The second kappa shape index (κ2) is 70.1. The molecule has 0 amide bonds. The van der Waals surface area contributed by atoms with E-state index in [-0.39, 0.29) is 31.1 Å². The van der Waals surface area contributed by atoms with E-state index in [0.29, 0.717) is 19.3 Å². The van der Waals surface area contributed by atoms with Crippen molar-refractivity contribution in [1.29, 1.82) is 0 Å². The molecule has 0 saturated carbocycles. The van der Waals surface area contributed by atoms with Crippen LogP contribution in [0.5, 0.6) is 0 Å². The molecule has 0 aromatic rings. The summed E-state index contributed by atoms with van der Waals surface area (Å²) in [5.41, 5.74) is 0. The average Bonchev–Trinajstić information content (AvgIpc) is 3.47. The lowest BCUT2D eigenvalue weighted by molar-refractivity contribution is -0.167. The van der Waals surface area contributed by atoms with Crippen LogP contribution in [0.3, 0.4) is 0 Å². The molecular formula is C76H134O6. The molecule has 0 saturated heterocycles. The first kappa shape index (κ1) is 78.6. The summed E-state index contributed by atoms with van der Waals surface area (Å²) in [5, 5.41) is 0. The van der Waals surface area contributed by atoms with Crippen LogP contribution in [-0.4, -0.2) is 37.2 Å². The minimum absolute atomic E-state index is 0.0774. The zero-order valence-electron chi connectivity index (χ0n) is 54.5. The molecule has 474 valence electrons. The SMILES string of the molecule is CC/C=C\C/C=C\C/C=C\C/C=C\C/C=C\C/C=C\CCCCCCCCCCCCC(=O)OCC(COC(=O)CCCCCCC/C=C\CCCCCCCCC)OC(=O)CCCCCCCCCCCCCCCCCCCCC. The molecule has 0 fully saturated rings. The van der Waals surface area contributed by atoms with E-state index in [1.807, 2.05) is 0 Å². The molecular weight excluding hydrogens is 1010 g/mol. The summed E-state index contributed by atoms with van der Waals surface area (Å²) in [7, 11) is 0. The summed E-state index contributed by atoms with van der Waals surface area (Å²) in [6.07, 6.45) is 93.2. The maximum Gasteiger partial charge on any atom is 0.306 e. The highest BCUT2D eigenvalue weighted by molar-refractivity contribution is 5.71. The molecule has 0 heterocycles. The van der Waals surface area contributed by atoms with Crippen molar-refractivity contribution in [3.05, 3.63) is 85.1 Å². The normalized spacial score (nSPS) is 12.6. The predicted molar refractivity (Wildman–Crippen MR) is 358 cm³/mol. The maximum atomic E-state index is 13.0. The van der Waals surface area contributed by atoms with Crippen LogP contribution in [-0.2, 0) is 28.6 Å². The van der Waals surface area contributed by atoms with Gasteiger partial charge in [-0.05, 0) is 96.3 Å². The Morgan fingerprint density at radius 1 is 0.256 bits per heavy atom. The number of hydrogen-bond acceptors (Lipinski definition) is 6. The van der Waals surface area contributed by atoms with Crippen molar-refractivity contribution in [3.8, 4) is 0 Å². The third-order valence-corrected chi connectivity index (χ3v) is 15.6. The highest BCUT2D eigenvalue weighted by Gasteiger charge is 2.19. The number of ether oxygens (including phenoxy) is 3. The summed E-state index contributed by atoms with van der Waals surface area (Å²) in [6.45, 7) is 6.57. The minimum Gasteiger partial charge on any atom is -0.462 e. The Hall–Kier alpha value is -3.41. The molecule has 0 aliphatic heterocycles. The molecule has 0 radical (unpaired) electrons. The maximum absolute atomic E-state index is 13.0. The summed E-state index contributed by atoms with van der Waals surface area (Å²) >= 11 is 0. The van der Waals surface area contributed by atoms with Crippen LogP contribution in [0.25, 0.3) is 0 Å². The molecule has 6 nitrogen and oxygen atoms in total. The van der Waals surface area contributed by atoms with Gasteiger partial charge in [0.1, 0.15) is 13.2 Å². The number of carbonyl (C=O) groups is 3. The van der Waals surface area contributed by atoms with Gasteiger partial charge >= 0.3 is 17.9 Å². The van der Waals surface area contributed by atoms with Gasteiger partial charge in [-0.25, -0.2) is 0 Å². The van der Waals surface area contributed by atoms with Crippen LogP contribution in [0.1, 0.15) is 361 Å². The molecule has 0 aliphatic carbocycles. The quantitative estimate of drug-likeness (QED) is 0.0261. The lowest BCUT2D eigenvalue weighted by Gasteiger charge is -2.18. The van der Waals surface area contributed by atoms with Crippen LogP contribution in [0.2, 0.25) is 0 Å². The van der Waals surface area contributed by atoms with Crippen LogP contribution < -0.4 is 0 Å². The molecule has 82 heavy (non-hydrogen) atoms. The molecule has 0 aliphatic rings. The summed E-state index contributed by atoms with van der Waals surface area (Å²) in [6, 6.07) is 0. The van der Waals surface area contributed by atoms with E-state index >= 15 is 0 Å². The van der Waals surface area contributed by atoms with Gasteiger partial charge in [-0.3, -0.25) is 14.4 Å². The number of hydrogen-bond donors (Lipinski definition) is 0. The molecule has 0 aromatic heterocycles. The van der Waals surface area contributed by atoms with Crippen molar-refractivity contribution in [1.82, 2.24) is 0 Å². The number of rotatable bonds is 65. The molecule has 0 spiro atoms. The van der Waals surface area contributed by atoms with Gasteiger partial charge in [-0.1, -0.05) is 331 Å². The molecule has 0 aromatic carbocycles. The van der Waals surface area contributed by atoms with Crippen molar-refractivity contribution in [3.63, 3.8) is 0 Å². The Labute approximate surface area is 509 Å². The zero-order valence-corrected chi connectivity index (χ0v) is 54.5. The summed E-state index contributed by atoms with van der Waals surface area (Å²) < 4.78 is 17.0. The van der Waals surface area contributed by atoms with Crippen molar-refractivity contribution >= 4 is 17.9 Å². The second-order valence-electron chi connectivity index (χ2n) is 23.8. The molecule has 6 heteroatoms. The predicted octanol–water partition coefficient (Wildman–Crippen LogP) is 24.6. The molecule has 0 rings (SSSR count). The average molecular weight is 1140 g/mol. The fraction of sp³-hybridized carbons (Fsp3) is 0.776. The van der Waals surface area contributed by atoms with Crippen molar-refractivity contribution in [2.45, 2.75) is 367 Å². The third kappa shape index (κ3) is 67.4. The van der Waals surface area contributed by atoms with Crippen molar-refractivity contribution in [2.24, 2.45) is 0 Å². The van der Waals surface area contributed by atoms with Gasteiger partial charge in [0, 0.05) is 19.3 Å². The molecule has 0 N–H and O–H groups in total. The topological polar surface area (TPSA) is 78.9 Å². The highest BCUT2D eigenvalue weighted by atomic mass is 16.6. The van der Waals surface area contributed by atoms with Crippen LogP contribution in [0.4, 0.5) is 0 Å². The standard InChI is InChI=1S/C76H134O6/c1-4-7-10-13-16-19-22-25-28-31-33-34-35-36-37-38-39-40-41-42-44-45-48-51-54-57-60-63-66-69-75(78)81-72-73(71-80-74(77)68-65-62-59-56-53-50-47-30-27-24-21-18-15-12-9-6-3)82-76(79)70-67-64-61-58-55-52-49-46-43-32-29-26-23-20-17-14-11-8-5-2/h7,10,16,19,25,28,30,33-34,36-37,39-40,47,73H,4-6,8-9,11-15,17-18,20-24,26-27,29,31-32,35,38,41-46,48-72H2,1-3H3/b10-7-,19-16-,28-25-,34-33-,37-36-,40-39-,47-30-. The number of carbonyl (C=O) groups excluding carboxylic acids is 3. The fourth-order valence-corrected chi connectivity index (χ4v) is 10.3. The van der Waals surface area contributed by atoms with Crippen LogP contribution >= 0.6 is 0 Å². The molecule has 1 atom stereocenters. The van der Waals surface area contributed by atoms with Crippen molar-refractivity contribution in [2.75, 3.05) is 13.2 Å². The molecule has 1 unspecified atom stereocenters. The fourth-order valence-electron chi connectivity index (χ4n) is 10.3. The number of unbranched alkanes of at least 4 members (excludes halogenated alkanes) is 40. The van der Waals surface area contributed by atoms with Gasteiger partial charge in [-0.2, -0.15) is 0 Å². The van der Waals surface area contributed by atoms with E-state index in [1.165, 1.54) is 218 Å². The summed E-state index contributed by atoms with van der Waals surface area (Å²) in [4.78, 5) is 38.5. The van der Waals surface area contributed by atoms with E-state index in [1.54, 1.807) is 0 Å². The first-order chi connectivity index (χ1) is 40.5. The smallest absolute Gasteiger partial charge is 0.306 e. The van der Waals surface area contributed by atoms with Crippen LogP contribution in [0.15, 0.2) is 85.1 Å². The summed E-state index contributed by atoms with van der Waals surface area (Å²) in [5.74, 6) is -0.868. The van der Waals surface area contributed by atoms with Crippen molar-refractivity contribution < 1.29 is 28.6 Å². The van der Waals surface area contributed by atoms with Crippen LogP contribution in [0, 0.1) is 0 Å². The monoisotopic (exact) mass is 1140 g/mol. The van der Waals surface area contributed by atoms with Gasteiger partial charge < -0.3 is 14.2 Å². The van der Waals surface area contributed by atoms with Gasteiger partial charge in [0.05, 0.1) is 0 Å². The molecule has 0 bridgehead atoms. The largest absolute Gasteiger partial charge is 0.462 e. The van der Waals surface area contributed by atoms with E-state index in [4.69, 9.17) is 14.2 Å². The Morgan fingerprint density at radius 2 is 0.476 bits per heavy atom.